The van der Waals surface area contributed by atoms with Crippen molar-refractivity contribution in [2.24, 2.45) is 0 Å². The summed E-state index contributed by atoms with van der Waals surface area (Å²) < 4.78 is 0.771. The van der Waals surface area contributed by atoms with Gasteiger partial charge in [0.15, 0.2) is 11.4 Å². The van der Waals surface area contributed by atoms with E-state index in [1.54, 1.807) is 42.5 Å². The first-order chi connectivity index (χ1) is 11.8. The topological polar surface area (TPSA) is 57.6 Å². The molecule has 2 aromatic rings. The van der Waals surface area contributed by atoms with Gasteiger partial charge in [0.05, 0.1) is 12.1 Å². The maximum atomic E-state index is 12.9. The number of Topliss-reactive ketones (excluding diaryl/α,β-unsaturated/α-hetero) is 1. The number of rotatable bonds is 5. The second-order valence-corrected chi connectivity index (χ2v) is 7.25. The van der Waals surface area contributed by atoms with Crippen LogP contribution in [0.5, 0.6) is 0 Å². The number of halogens is 1. The van der Waals surface area contributed by atoms with E-state index < -0.39 is 11.5 Å². The van der Waals surface area contributed by atoms with Crippen molar-refractivity contribution in [3.05, 3.63) is 76.3 Å². The van der Waals surface area contributed by atoms with Crippen LogP contribution in [0.3, 0.4) is 0 Å². The number of carbonyl (C=O) groups is 2. The molecule has 25 heavy (non-hydrogen) atoms. The van der Waals surface area contributed by atoms with Crippen LogP contribution in [-0.2, 0) is 10.4 Å². The molecule has 1 heterocycles. The van der Waals surface area contributed by atoms with Gasteiger partial charge in [0.1, 0.15) is 0 Å². The number of amides is 1. The monoisotopic (exact) mass is 399 g/mol. The van der Waals surface area contributed by atoms with Gasteiger partial charge in [0, 0.05) is 22.1 Å². The standard InChI is InChI=1S/C20H18BrNO3/c1-13(2)12-22-17-9-4-3-8-16(17)20(25,19(22)24)11-18(23)14-6-5-7-15(21)10-14/h3-10,25H,1,11-12H2,2H3. The van der Waals surface area contributed by atoms with Crippen LogP contribution in [0.25, 0.3) is 0 Å². The van der Waals surface area contributed by atoms with Crippen molar-refractivity contribution in [3.63, 3.8) is 0 Å². The summed E-state index contributed by atoms with van der Waals surface area (Å²) in [4.78, 5) is 27.1. The summed E-state index contributed by atoms with van der Waals surface area (Å²) in [6.45, 7) is 5.97. The average Bonchev–Trinajstić information content (AvgIpc) is 2.77. The molecule has 1 aliphatic heterocycles. The highest BCUT2D eigenvalue weighted by atomic mass is 79.9. The Morgan fingerprint density at radius 3 is 2.64 bits per heavy atom. The van der Waals surface area contributed by atoms with Gasteiger partial charge in [-0.25, -0.2) is 0 Å². The van der Waals surface area contributed by atoms with E-state index in [1.165, 1.54) is 4.90 Å². The molecule has 5 heteroatoms. The lowest BCUT2D eigenvalue weighted by Gasteiger charge is -2.23. The summed E-state index contributed by atoms with van der Waals surface area (Å²) in [6, 6.07) is 14.0. The van der Waals surface area contributed by atoms with E-state index in [2.05, 4.69) is 22.5 Å². The van der Waals surface area contributed by atoms with E-state index in [0.29, 0.717) is 23.4 Å². The van der Waals surface area contributed by atoms with E-state index in [9.17, 15) is 14.7 Å². The third-order valence-corrected chi connectivity index (χ3v) is 4.72. The van der Waals surface area contributed by atoms with Crippen molar-refractivity contribution in [2.75, 3.05) is 11.4 Å². The Morgan fingerprint density at radius 2 is 1.96 bits per heavy atom. The molecule has 0 aliphatic carbocycles. The Labute approximate surface area is 154 Å². The minimum absolute atomic E-state index is 0.288. The third kappa shape index (κ3) is 3.17. The third-order valence-electron chi connectivity index (χ3n) is 4.23. The Morgan fingerprint density at radius 1 is 1.24 bits per heavy atom. The van der Waals surface area contributed by atoms with Crippen LogP contribution in [-0.4, -0.2) is 23.3 Å². The number of ketones is 1. The van der Waals surface area contributed by atoms with Gasteiger partial charge < -0.3 is 10.0 Å². The number of carbonyl (C=O) groups excluding carboxylic acids is 2. The van der Waals surface area contributed by atoms with E-state index >= 15 is 0 Å². The molecule has 0 fully saturated rings. The Bertz CT molecular complexity index is 877. The summed E-state index contributed by atoms with van der Waals surface area (Å²) in [6.07, 6.45) is -0.300. The molecular formula is C20H18BrNO3. The van der Waals surface area contributed by atoms with Crippen molar-refractivity contribution >= 4 is 33.3 Å². The first-order valence-electron chi connectivity index (χ1n) is 7.90. The molecule has 1 aliphatic rings. The normalized spacial score (nSPS) is 19.0. The van der Waals surface area contributed by atoms with Gasteiger partial charge in [-0.2, -0.15) is 0 Å². The largest absolute Gasteiger partial charge is 0.375 e. The first kappa shape index (κ1) is 17.6. The number of fused-ring (bicyclic) bond motifs is 1. The molecule has 0 saturated carbocycles. The van der Waals surface area contributed by atoms with Crippen LogP contribution in [0.1, 0.15) is 29.3 Å². The Kier molecular flexibility index (Phi) is 4.62. The summed E-state index contributed by atoms with van der Waals surface area (Å²) >= 11 is 3.33. The molecule has 0 saturated heterocycles. The quantitative estimate of drug-likeness (QED) is 0.613. The van der Waals surface area contributed by atoms with Gasteiger partial charge >= 0.3 is 0 Å². The fourth-order valence-corrected chi connectivity index (χ4v) is 3.50. The second-order valence-electron chi connectivity index (χ2n) is 6.34. The van der Waals surface area contributed by atoms with E-state index in [4.69, 9.17) is 0 Å². The summed E-state index contributed by atoms with van der Waals surface area (Å²) in [5, 5.41) is 11.1. The molecule has 0 aromatic heterocycles. The molecule has 2 aromatic carbocycles. The molecular weight excluding hydrogens is 382 g/mol. The van der Waals surface area contributed by atoms with Gasteiger partial charge in [0.2, 0.25) is 0 Å². The molecule has 128 valence electrons. The van der Waals surface area contributed by atoms with Crippen LogP contribution in [0.2, 0.25) is 0 Å². The van der Waals surface area contributed by atoms with Crippen LogP contribution in [0.4, 0.5) is 5.69 Å². The molecule has 3 rings (SSSR count). The molecule has 1 unspecified atom stereocenters. The van der Waals surface area contributed by atoms with Crippen LogP contribution < -0.4 is 4.90 Å². The highest BCUT2D eigenvalue weighted by Crippen LogP contribution is 2.43. The minimum atomic E-state index is -1.86. The molecule has 0 radical (unpaired) electrons. The van der Waals surface area contributed by atoms with Gasteiger partial charge in [-0.05, 0) is 25.1 Å². The first-order valence-corrected chi connectivity index (χ1v) is 8.69. The number of nitrogens with zero attached hydrogens (tertiary/aromatic N) is 1. The van der Waals surface area contributed by atoms with E-state index in [1.807, 2.05) is 13.0 Å². The lowest BCUT2D eigenvalue weighted by atomic mass is 9.88. The Hall–Kier alpha value is -2.24. The number of aliphatic hydroxyl groups is 1. The highest BCUT2D eigenvalue weighted by molar-refractivity contribution is 9.10. The minimum Gasteiger partial charge on any atom is -0.375 e. The van der Waals surface area contributed by atoms with Crippen LogP contribution in [0.15, 0.2) is 65.2 Å². The van der Waals surface area contributed by atoms with E-state index in [0.717, 1.165) is 10.0 Å². The molecule has 0 bridgehead atoms. The SMILES string of the molecule is C=C(C)CN1C(=O)C(O)(CC(=O)c2cccc(Br)c2)c2ccccc21. The van der Waals surface area contributed by atoms with Crippen LogP contribution >= 0.6 is 15.9 Å². The predicted molar refractivity (Wildman–Crippen MR) is 101 cm³/mol. The number of benzene rings is 2. The summed E-state index contributed by atoms with van der Waals surface area (Å²) in [5.74, 6) is -0.774. The fourth-order valence-electron chi connectivity index (χ4n) is 3.10. The van der Waals surface area contributed by atoms with Gasteiger partial charge in [-0.1, -0.05) is 58.4 Å². The van der Waals surface area contributed by atoms with Crippen molar-refractivity contribution in [2.45, 2.75) is 18.9 Å². The zero-order valence-electron chi connectivity index (χ0n) is 13.8. The van der Waals surface area contributed by atoms with E-state index in [-0.39, 0.29) is 12.2 Å². The molecule has 1 atom stereocenters. The maximum Gasteiger partial charge on any atom is 0.264 e. The summed E-state index contributed by atoms with van der Waals surface area (Å²) in [7, 11) is 0. The number of hydrogen-bond donors (Lipinski definition) is 1. The maximum absolute atomic E-state index is 12.9. The summed E-state index contributed by atoms with van der Waals surface area (Å²) in [5.41, 5.74) is 0.479. The predicted octanol–water partition coefficient (Wildman–Crippen LogP) is 3.83. The lowest BCUT2D eigenvalue weighted by Crippen LogP contribution is -2.42. The van der Waals surface area contributed by atoms with Crippen LogP contribution in [0, 0.1) is 0 Å². The van der Waals surface area contributed by atoms with Crippen molar-refractivity contribution in [1.82, 2.24) is 0 Å². The zero-order chi connectivity index (χ0) is 18.2. The number of anilines is 1. The highest BCUT2D eigenvalue weighted by Gasteiger charge is 2.50. The Balaban J connectivity index is 1.98. The zero-order valence-corrected chi connectivity index (χ0v) is 15.4. The number of hydrogen-bond acceptors (Lipinski definition) is 3. The molecule has 0 spiro atoms. The van der Waals surface area contributed by atoms with Crippen molar-refractivity contribution in [3.8, 4) is 0 Å². The van der Waals surface area contributed by atoms with Gasteiger partial charge in [-0.15, -0.1) is 0 Å². The molecule has 1 amide bonds. The average molecular weight is 400 g/mol. The molecule has 4 nitrogen and oxygen atoms in total. The van der Waals surface area contributed by atoms with Gasteiger partial charge in [0.25, 0.3) is 5.91 Å². The second kappa shape index (κ2) is 6.58. The van der Waals surface area contributed by atoms with Crippen molar-refractivity contribution in [1.29, 1.82) is 0 Å². The molecule has 1 N–H and O–H groups in total. The van der Waals surface area contributed by atoms with Gasteiger partial charge in [-0.3, -0.25) is 9.59 Å². The van der Waals surface area contributed by atoms with Crippen molar-refractivity contribution < 1.29 is 14.7 Å². The number of para-hydroxylation sites is 1. The lowest BCUT2D eigenvalue weighted by molar-refractivity contribution is -0.135. The smallest absolute Gasteiger partial charge is 0.264 e. The fraction of sp³-hybridized carbons (Fsp3) is 0.200.